The molecule has 2 aromatic rings. The summed E-state index contributed by atoms with van der Waals surface area (Å²) in [6.45, 7) is 1.74. The average molecular weight is 212 g/mol. The number of fused-ring (bicyclic) bond motifs is 1. The second-order valence-corrected chi connectivity index (χ2v) is 3.63. The lowest BCUT2D eigenvalue weighted by Gasteiger charge is -1.94. The molecule has 1 heterocycles. The third-order valence-corrected chi connectivity index (χ3v) is 2.82. The number of hydrogen-bond acceptors (Lipinski definition) is 4. The van der Waals surface area contributed by atoms with Gasteiger partial charge in [-0.05, 0) is 18.5 Å². The minimum Gasteiger partial charge on any atom is -0.258 e. The van der Waals surface area contributed by atoms with Gasteiger partial charge >= 0.3 is 5.69 Å². The van der Waals surface area contributed by atoms with E-state index in [1.165, 1.54) is 6.07 Å². The summed E-state index contributed by atoms with van der Waals surface area (Å²) in [4.78, 5) is 9.72. The topological polar surface area (TPSA) is 56.0 Å². The van der Waals surface area contributed by atoms with E-state index in [2.05, 4.69) is 4.37 Å². The minimum atomic E-state index is -0.814. The summed E-state index contributed by atoms with van der Waals surface area (Å²) >= 11 is 1.14. The zero-order valence-corrected chi connectivity index (χ0v) is 7.97. The van der Waals surface area contributed by atoms with Crippen LogP contribution in [-0.2, 0) is 0 Å². The number of nitro groups is 1. The molecule has 0 amide bonds. The van der Waals surface area contributed by atoms with E-state index in [9.17, 15) is 14.5 Å². The maximum absolute atomic E-state index is 13.1. The number of aryl methyl sites for hydroxylation is 1. The molecule has 0 aliphatic carbocycles. The summed E-state index contributed by atoms with van der Waals surface area (Å²) in [6.07, 6.45) is 0. The molecule has 0 fully saturated rings. The summed E-state index contributed by atoms with van der Waals surface area (Å²) in [5.41, 5.74) is 0.189. The Morgan fingerprint density at radius 2 is 2.29 bits per heavy atom. The van der Waals surface area contributed by atoms with E-state index >= 15 is 0 Å². The van der Waals surface area contributed by atoms with Crippen molar-refractivity contribution in [1.29, 1.82) is 0 Å². The van der Waals surface area contributed by atoms with Gasteiger partial charge in [-0.15, -0.1) is 0 Å². The second kappa shape index (κ2) is 2.98. The molecule has 4 nitrogen and oxygen atoms in total. The third kappa shape index (κ3) is 1.24. The summed E-state index contributed by atoms with van der Waals surface area (Å²) in [5, 5.41) is 11.1. The molecule has 1 aromatic carbocycles. The van der Waals surface area contributed by atoms with Crippen LogP contribution in [0.4, 0.5) is 10.1 Å². The van der Waals surface area contributed by atoms with Crippen molar-refractivity contribution >= 4 is 27.3 Å². The second-order valence-electron chi connectivity index (χ2n) is 2.82. The third-order valence-electron chi connectivity index (χ3n) is 1.92. The van der Waals surface area contributed by atoms with Crippen LogP contribution in [-0.4, -0.2) is 9.30 Å². The molecule has 0 aliphatic heterocycles. The Morgan fingerprint density at radius 3 is 2.93 bits per heavy atom. The monoisotopic (exact) mass is 212 g/mol. The number of aromatic nitrogens is 1. The highest BCUT2D eigenvalue weighted by molar-refractivity contribution is 7.13. The van der Waals surface area contributed by atoms with E-state index in [4.69, 9.17) is 0 Å². The van der Waals surface area contributed by atoms with Crippen molar-refractivity contribution < 1.29 is 9.31 Å². The van der Waals surface area contributed by atoms with Crippen LogP contribution in [0.25, 0.3) is 10.1 Å². The van der Waals surface area contributed by atoms with E-state index in [0.717, 1.165) is 17.6 Å². The molecule has 0 radical (unpaired) electrons. The molecule has 0 atom stereocenters. The van der Waals surface area contributed by atoms with Gasteiger partial charge in [0, 0.05) is 17.5 Å². The maximum atomic E-state index is 13.1. The highest BCUT2D eigenvalue weighted by Gasteiger charge is 2.16. The summed E-state index contributed by atoms with van der Waals surface area (Å²) in [5.74, 6) is -0.814. The molecule has 0 unspecified atom stereocenters. The lowest BCUT2D eigenvalue weighted by Crippen LogP contribution is -1.91. The molecule has 2 rings (SSSR count). The van der Waals surface area contributed by atoms with Gasteiger partial charge in [-0.25, -0.2) is 0 Å². The standard InChI is InChI=1S/C8H5FN2O2S/c1-4-5-2-7(11(12)13)6(9)3-8(5)14-10-4/h2-3H,1H3. The lowest BCUT2D eigenvalue weighted by molar-refractivity contribution is -0.387. The van der Waals surface area contributed by atoms with Crippen molar-refractivity contribution in [1.82, 2.24) is 4.37 Å². The van der Waals surface area contributed by atoms with Crippen molar-refractivity contribution in [2.75, 3.05) is 0 Å². The summed E-state index contributed by atoms with van der Waals surface area (Å²) in [6, 6.07) is 2.38. The average Bonchev–Trinajstić information content (AvgIpc) is 2.46. The van der Waals surface area contributed by atoms with Crippen molar-refractivity contribution in [2.45, 2.75) is 6.92 Å². The Morgan fingerprint density at radius 1 is 1.57 bits per heavy atom. The SMILES string of the molecule is Cc1nsc2cc(F)c([N+](=O)[O-])cc12. The van der Waals surface area contributed by atoms with Crippen molar-refractivity contribution in [3.8, 4) is 0 Å². The van der Waals surface area contributed by atoms with Crippen molar-refractivity contribution in [3.05, 3.63) is 33.8 Å². The van der Waals surface area contributed by atoms with Gasteiger partial charge in [0.05, 0.1) is 15.3 Å². The fourth-order valence-corrected chi connectivity index (χ4v) is 2.00. The van der Waals surface area contributed by atoms with Gasteiger partial charge in [-0.3, -0.25) is 10.1 Å². The van der Waals surface area contributed by atoms with E-state index < -0.39 is 16.4 Å². The predicted molar refractivity (Wildman–Crippen MR) is 51.0 cm³/mol. The molecule has 0 spiro atoms. The van der Waals surface area contributed by atoms with Crippen LogP contribution >= 0.6 is 11.5 Å². The lowest BCUT2D eigenvalue weighted by atomic mass is 10.2. The summed E-state index contributed by atoms with van der Waals surface area (Å²) < 4.78 is 17.7. The Hall–Kier alpha value is -1.56. The molecule has 0 saturated carbocycles. The molecule has 14 heavy (non-hydrogen) atoms. The van der Waals surface area contributed by atoms with Gasteiger partial charge in [0.15, 0.2) is 0 Å². The first kappa shape index (κ1) is 9.01. The number of nitrogens with zero attached hydrogens (tertiary/aromatic N) is 2. The zero-order valence-electron chi connectivity index (χ0n) is 7.15. The van der Waals surface area contributed by atoms with Crippen LogP contribution in [0.3, 0.4) is 0 Å². The highest BCUT2D eigenvalue weighted by atomic mass is 32.1. The van der Waals surface area contributed by atoms with Gasteiger partial charge in [0.25, 0.3) is 0 Å². The fraction of sp³-hybridized carbons (Fsp3) is 0.125. The molecule has 0 saturated heterocycles. The molecule has 0 N–H and O–H groups in total. The van der Waals surface area contributed by atoms with Gasteiger partial charge < -0.3 is 0 Å². The molecular formula is C8H5FN2O2S. The minimum absolute atomic E-state index is 0.499. The van der Waals surface area contributed by atoms with Crippen molar-refractivity contribution in [3.63, 3.8) is 0 Å². The number of hydrogen-bond donors (Lipinski definition) is 0. The molecule has 1 aromatic heterocycles. The quantitative estimate of drug-likeness (QED) is 0.539. The predicted octanol–water partition coefficient (Wildman–Crippen LogP) is 2.65. The Bertz CT molecular complexity index is 523. The number of nitro benzene ring substituents is 1. The first-order chi connectivity index (χ1) is 6.59. The molecule has 6 heteroatoms. The van der Waals surface area contributed by atoms with E-state index in [1.807, 2.05) is 0 Å². The fourth-order valence-electron chi connectivity index (χ4n) is 1.21. The van der Waals surface area contributed by atoms with Gasteiger partial charge in [-0.2, -0.15) is 8.76 Å². The van der Waals surface area contributed by atoms with Crippen LogP contribution in [0.5, 0.6) is 0 Å². The van der Waals surface area contributed by atoms with E-state index in [-0.39, 0.29) is 0 Å². The molecule has 0 bridgehead atoms. The Balaban J connectivity index is 2.80. The number of benzene rings is 1. The first-order valence-corrected chi connectivity index (χ1v) is 4.57. The van der Waals surface area contributed by atoms with Gasteiger partial charge in [-0.1, -0.05) is 0 Å². The van der Waals surface area contributed by atoms with Crippen molar-refractivity contribution in [2.24, 2.45) is 0 Å². The van der Waals surface area contributed by atoms with E-state index in [0.29, 0.717) is 15.8 Å². The smallest absolute Gasteiger partial charge is 0.258 e. The molecule has 0 aliphatic rings. The van der Waals surface area contributed by atoms with Gasteiger partial charge in [0.2, 0.25) is 5.82 Å². The Labute approximate surface area is 82.3 Å². The van der Waals surface area contributed by atoms with Crippen LogP contribution in [0.2, 0.25) is 0 Å². The highest BCUT2D eigenvalue weighted by Crippen LogP contribution is 2.28. The molecular weight excluding hydrogens is 207 g/mol. The number of rotatable bonds is 1. The molecule has 72 valence electrons. The maximum Gasteiger partial charge on any atom is 0.305 e. The van der Waals surface area contributed by atoms with Gasteiger partial charge in [0.1, 0.15) is 0 Å². The van der Waals surface area contributed by atoms with Crippen LogP contribution in [0, 0.1) is 22.9 Å². The number of halogens is 1. The van der Waals surface area contributed by atoms with Crippen LogP contribution in [0.15, 0.2) is 12.1 Å². The van der Waals surface area contributed by atoms with Crippen LogP contribution in [0.1, 0.15) is 5.69 Å². The normalized spacial score (nSPS) is 10.7. The van der Waals surface area contributed by atoms with E-state index in [1.54, 1.807) is 6.92 Å². The van der Waals surface area contributed by atoms with Crippen LogP contribution < -0.4 is 0 Å². The first-order valence-electron chi connectivity index (χ1n) is 3.79. The largest absolute Gasteiger partial charge is 0.305 e. The Kier molecular flexibility index (Phi) is 1.92. The summed E-state index contributed by atoms with van der Waals surface area (Å²) in [7, 11) is 0. The zero-order chi connectivity index (χ0) is 10.3.